The molecule has 0 aliphatic carbocycles. The molecule has 0 aromatic heterocycles. The average Bonchev–Trinajstić information content (AvgIpc) is 2.24. The summed E-state index contributed by atoms with van der Waals surface area (Å²) >= 11 is -1.16. The van der Waals surface area contributed by atoms with E-state index in [2.05, 4.69) is 35.5 Å². The second kappa shape index (κ2) is 12.4. The van der Waals surface area contributed by atoms with Crippen LogP contribution < -0.4 is 0 Å². The molecule has 0 bridgehead atoms. The molecule has 0 heterocycles. The van der Waals surface area contributed by atoms with E-state index in [1.54, 1.807) is 33.7 Å². The molecular formula is C14H31As3. The van der Waals surface area contributed by atoms with E-state index in [0.717, 1.165) is 0 Å². The van der Waals surface area contributed by atoms with Crippen molar-refractivity contribution in [3.05, 3.63) is 12.7 Å². The first-order valence-electron chi connectivity index (χ1n) is 6.69. The van der Waals surface area contributed by atoms with Crippen molar-refractivity contribution < 1.29 is 0 Å². The van der Waals surface area contributed by atoms with Crippen LogP contribution in [0.25, 0.3) is 0 Å². The number of hydrogen-bond donors (Lipinski definition) is 0. The molecule has 0 fully saturated rings. The summed E-state index contributed by atoms with van der Waals surface area (Å²) in [6.07, 6.45) is 6.55. The van der Waals surface area contributed by atoms with Crippen molar-refractivity contribution in [3.63, 3.8) is 0 Å². The predicted octanol–water partition coefficient (Wildman–Crippen LogP) is 5.35. The van der Waals surface area contributed by atoms with Gasteiger partial charge in [-0.1, -0.05) is 0 Å². The van der Waals surface area contributed by atoms with Crippen molar-refractivity contribution in [2.75, 3.05) is 0 Å². The standard InChI is InChI=1S/C14H31As3/c1-6-7-12-17(13-8-10-15(2)3)14-9-11-16(4)5/h6H,1,7-14H2,2-5H3. The molecule has 0 saturated heterocycles. The first-order chi connectivity index (χ1) is 8.06. The zero-order valence-corrected chi connectivity index (χ0v) is 17.9. The van der Waals surface area contributed by atoms with E-state index in [1.165, 1.54) is 11.6 Å². The fourth-order valence-corrected chi connectivity index (χ4v) is 12.6. The van der Waals surface area contributed by atoms with Crippen molar-refractivity contribution in [1.29, 1.82) is 0 Å². The van der Waals surface area contributed by atoms with Gasteiger partial charge in [0.1, 0.15) is 0 Å². The van der Waals surface area contributed by atoms with Crippen LogP contribution in [0.3, 0.4) is 0 Å². The number of hydrogen-bond acceptors (Lipinski definition) is 0. The van der Waals surface area contributed by atoms with Gasteiger partial charge in [0.2, 0.25) is 0 Å². The minimum absolute atomic E-state index is 0.349. The van der Waals surface area contributed by atoms with E-state index in [1.807, 2.05) is 0 Å². The Kier molecular flexibility index (Phi) is 13.5. The Morgan fingerprint density at radius 2 is 1.24 bits per heavy atom. The summed E-state index contributed by atoms with van der Waals surface area (Å²) in [6, 6.07) is 0. The molecule has 0 unspecified atom stereocenters. The van der Waals surface area contributed by atoms with Crippen molar-refractivity contribution in [3.8, 4) is 0 Å². The van der Waals surface area contributed by atoms with Crippen molar-refractivity contribution in [2.45, 2.75) is 68.2 Å². The van der Waals surface area contributed by atoms with Crippen LogP contribution in [0, 0.1) is 0 Å². The first-order valence-corrected chi connectivity index (χ1v) is 20.8. The molecule has 0 saturated carbocycles. The number of allylic oxidation sites excluding steroid dienone is 1. The van der Waals surface area contributed by atoms with E-state index in [-0.39, 0.29) is 29.3 Å². The summed E-state index contributed by atoms with van der Waals surface area (Å²) in [6.45, 7) is 3.89. The molecule has 102 valence electrons. The van der Waals surface area contributed by atoms with Crippen LogP contribution in [0.4, 0.5) is 0 Å². The van der Waals surface area contributed by atoms with E-state index in [0.29, 0.717) is 0 Å². The molecule has 0 N–H and O–H groups in total. The fourth-order valence-electron chi connectivity index (χ4n) is 1.83. The minimum atomic E-state index is -0.463. The number of rotatable bonds is 11. The van der Waals surface area contributed by atoms with Crippen molar-refractivity contribution >= 4 is 44.0 Å². The first kappa shape index (κ1) is 18.4. The summed E-state index contributed by atoms with van der Waals surface area (Å²) in [5.41, 5.74) is 9.99. The van der Waals surface area contributed by atoms with Gasteiger partial charge in [-0.05, 0) is 0 Å². The van der Waals surface area contributed by atoms with E-state index in [4.69, 9.17) is 0 Å². The van der Waals surface area contributed by atoms with Gasteiger partial charge in [-0.25, -0.2) is 0 Å². The quantitative estimate of drug-likeness (QED) is 0.310. The summed E-state index contributed by atoms with van der Waals surface area (Å²) in [5, 5.41) is 7.98. The summed E-state index contributed by atoms with van der Waals surface area (Å²) < 4.78 is 0. The van der Waals surface area contributed by atoms with Gasteiger partial charge >= 0.3 is 125 Å². The molecule has 0 aromatic rings. The summed E-state index contributed by atoms with van der Waals surface area (Å²) in [4.78, 5) is 0. The molecule has 0 amide bonds. The van der Waals surface area contributed by atoms with Crippen LogP contribution in [0.2, 0.25) is 48.9 Å². The molecule has 3 heteroatoms. The van der Waals surface area contributed by atoms with Crippen LogP contribution in [0.5, 0.6) is 0 Å². The average molecular weight is 424 g/mol. The van der Waals surface area contributed by atoms with Crippen LogP contribution in [0.1, 0.15) is 19.3 Å². The molecule has 0 aliphatic heterocycles. The zero-order valence-electron chi connectivity index (χ0n) is 12.3. The van der Waals surface area contributed by atoms with Gasteiger partial charge < -0.3 is 0 Å². The van der Waals surface area contributed by atoms with Gasteiger partial charge in [0, 0.05) is 0 Å². The third-order valence-corrected chi connectivity index (χ3v) is 13.7. The SMILES string of the molecule is C=CCC[As](CCC[As](C)C)CCC[As](C)C. The third kappa shape index (κ3) is 13.6. The topological polar surface area (TPSA) is 0 Å². The summed E-state index contributed by atoms with van der Waals surface area (Å²) in [5.74, 6) is 0. The normalized spacial score (nSPS) is 11.7. The maximum atomic E-state index is 3.89. The third-order valence-electron chi connectivity index (χ3n) is 2.81. The molecule has 17 heavy (non-hydrogen) atoms. The van der Waals surface area contributed by atoms with E-state index in [9.17, 15) is 0 Å². The van der Waals surface area contributed by atoms with Gasteiger partial charge in [0.05, 0.1) is 0 Å². The van der Waals surface area contributed by atoms with Crippen LogP contribution in [-0.4, -0.2) is 44.0 Å². The molecule has 0 radical (unpaired) electrons. The van der Waals surface area contributed by atoms with Gasteiger partial charge in [-0.15, -0.1) is 0 Å². The Labute approximate surface area is 124 Å². The molecule has 0 rings (SSSR count). The van der Waals surface area contributed by atoms with Gasteiger partial charge in [-0.3, -0.25) is 0 Å². The van der Waals surface area contributed by atoms with Crippen LogP contribution in [0.15, 0.2) is 12.7 Å². The Balaban J connectivity index is 3.74. The van der Waals surface area contributed by atoms with Crippen LogP contribution >= 0.6 is 0 Å². The Morgan fingerprint density at radius 3 is 1.59 bits per heavy atom. The molecule has 0 nitrogen and oxygen atoms in total. The monoisotopic (exact) mass is 424 g/mol. The molecule has 0 aromatic carbocycles. The predicted molar refractivity (Wildman–Crippen MR) is 88.8 cm³/mol. The maximum absolute atomic E-state index is 3.89. The fraction of sp³-hybridized carbons (Fsp3) is 0.857. The Hall–Kier alpha value is 1.42. The molecular weight excluding hydrogens is 393 g/mol. The van der Waals surface area contributed by atoms with Gasteiger partial charge in [0.25, 0.3) is 0 Å². The van der Waals surface area contributed by atoms with Crippen LogP contribution in [-0.2, 0) is 0 Å². The second-order valence-electron chi connectivity index (χ2n) is 5.23. The second-order valence-corrected chi connectivity index (χ2v) is 21.8. The molecule has 0 atom stereocenters. The van der Waals surface area contributed by atoms with E-state index < -0.39 is 14.7 Å². The zero-order chi connectivity index (χ0) is 13.1. The van der Waals surface area contributed by atoms with Gasteiger partial charge in [-0.2, -0.15) is 0 Å². The van der Waals surface area contributed by atoms with Gasteiger partial charge in [0.15, 0.2) is 0 Å². The van der Waals surface area contributed by atoms with E-state index >= 15 is 0 Å². The Morgan fingerprint density at radius 1 is 0.765 bits per heavy atom. The van der Waals surface area contributed by atoms with Crippen molar-refractivity contribution in [1.82, 2.24) is 0 Å². The van der Waals surface area contributed by atoms with Crippen molar-refractivity contribution in [2.24, 2.45) is 0 Å². The molecule has 0 spiro atoms. The summed E-state index contributed by atoms with van der Waals surface area (Å²) in [7, 11) is 0. The molecule has 0 aliphatic rings. The Bertz CT molecular complexity index is 164.